The highest BCUT2D eigenvalue weighted by atomic mass is 16.4. The molecule has 0 saturated heterocycles. The SMILES string of the molecule is CCc1c(CC(=O)O)ccc2c1CCC(N)C2. The van der Waals surface area contributed by atoms with Gasteiger partial charge in [0.2, 0.25) is 0 Å². The van der Waals surface area contributed by atoms with Crippen LogP contribution in [0.1, 0.15) is 35.6 Å². The lowest BCUT2D eigenvalue weighted by molar-refractivity contribution is -0.136. The van der Waals surface area contributed by atoms with Gasteiger partial charge in [-0.3, -0.25) is 4.79 Å². The Bertz CT molecular complexity index is 440. The molecule has 0 aromatic heterocycles. The van der Waals surface area contributed by atoms with Crippen molar-refractivity contribution in [3.05, 3.63) is 34.4 Å². The minimum atomic E-state index is -0.757. The second-order valence-electron chi connectivity index (χ2n) is 4.77. The summed E-state index contributed by atoms with van der Waals surface area (Å²) in [4.78, 5) is 10.8. The topological polar surface area (TPSA) is 63.3 Å². The van der Waals surface area contributed by atoms with Gasteiger partial charge in [0.05, 0.1) is 6.42 Å². The summed E-state index contributed by atoms with van der Waals surface area (Å²) in [5, 5.41) is 8.91. The fourth-order valence-electron chi connectivity index (χ4n) is 2.78. The van der Waals surface area contributed by atoms with E-state index in [0.717, 1.165) is 31.2 Å². The second-order valence-corrected chi connectivity index (χ2v) is 4.77. The van der Waals surface area contributed by atoms with Crippen molar-refractivity contribution in [3.63, 3.8) is 0 Å². The number of benzene rings is 1. The van der Waals surface area contributed by atoms with Crippen molar-refractivity contribution in [1.29, 1.82) is 0 Å². The number of rotatable bonds is 3. The van der Waals surface area contributed by atoms with Crippen molar-refractivity contribution in [2.75, 3.05) is 0 Å². The van der Waals surface area contributed by atoms with Gasteiger partial charge in [-0.1, -0.05) is 19.1 Å². The van der Waals surface area contributed by atoms with E-state index in [2.05, 4.69) is 13.0 Å². The lowest BCUT2D eigenvalue weighted by Gasteiger charge is -2.25. The predicted octanol–water partition coefficient (Wildman–Crippen LogP) is 1.69. The Morgan fingerprint density at radius 1 is 1.53 bits per heavy atom. The van der Waals surface area contributed by atoms with Gasteiger partial charge in [-0.05, 0) is 47.9 Å². The molecule has 1 aromatic rings. The Morgan fingerprint density at radius 3 is 2.94 bits per heavy atom. The number of hydrogen-bond donors (Lipinski definition) is 2. The van der Waals surface area contributed by atoms with E-state index in [1.165, 1.54) is 16.7 Å². The van der Waals surface area contributed by atoms with E-state index in [1.54, 1.807) is 0 Å². The highest BCUT2D eigenvalue weighted by Gasteiger charge is 2.20. The standard InChI is InChI=1S/C14H19NO2/c1-2-12-10(8-14(16)17)4-3-9-7-11(15)5-6-13(9)12/h3-4,11H,2,5-8,15H2,1H3,(H,16,17). The summed E-state index contributed by atoms with van der Waals surface area (Å²) in [6.07, 6.45) is 3.96. The highest BCUT2D eigenvalue weighted by Crippen LogP contribution is 2.27. The molecule has 0 amide bonds. The Balaban J connectivity index is 2.41. The lowest BCUT2D eigenvalue weighted by atomic mass is 9.82. The van der Waals surface area contributed by atoms with E-state index >= 15 is 0 Å². The number of carboxylic acid groups (broad SMARTS) is 1. The van der Waals surface area contributed by atoms with Crippen LogP contribution in [0, 0.1) is 0 Å². The number of nitrogens with two attached hydrogens (primary N) is 1. The van der Waals surface area contributed by atoms with Crippen molar-refractivity contribution in [1.82, 2.24) is 0 Å². The van der Waals surface area contributed by atoms with Crippen LogP contribution < -0.4 is 5.73 Å². The van der Waals surface area contributed by atoms with Gasteiger partial charge in [0.15, 0.2) is 0 Å². The van der Waals surface area contributed by atoms with Crippen LogP contribution in [0.4, 0.5) is 0 Å². The van der Waals surface area contributed by atoms with Gasteiger partial charge in [0.1, 0.15) is 0 Å². The van der Waals surface area contributed by atoms with Crippen LogP contribution in [0.15, 0.2) is 12.1 Å². The third-order valence-corrected chi connectivity index (χ3v) is 3.57. The molecule has 1 aromatic carbocycles. The first-order chi connectivity index (χ1) is 8.11. The molecule has 2 rings (SSSR count). The van der Waals surface area contributed by atoms with Crippen LogP contribution in [0.2, 0.25) is 0 Å². The molecule has 3 nitrogen and oxygen atoms in total. The molecule has 1 aliphatic carbocycles. The molecule has 1 aliphatic rings. The average Bonchev–Trinajstić information content (AvgIpc) is 2.28. The maximum absolute atomic E-state index is 10.8. The minimum Gasteiger partial charge on any atom is -0.481 e. The summed E-state index contributed by atoms with van der Waals surface area (Å²) in [5.41, 5.74) is 10.8. The summed E-state index contributed by atoms with van der Waals surface area (Å²) in [6.45, 7) is 2.09. The number of fused-ring (bicyclic) bond motifs is 1. The first-order valence-electron chi connectivity index (χ1n) is 6.21. The van der Waals surface area contributed by atoms with Crippen LogP contribution in [0.5, 0.6) is 0 Å². The third-order valence-electron chi connectivity index (χ3n) is 3.57. The summed E-state index contributed by atoms with van der Waals surface area (Å²) < 4.78 is 0. The predicted molar refractivity (Wildman–Crippen MR) is 67.2 cm³/mol. The number of hydrogen-bond acceptors (Lipinski definition) is 2. The molecule has 0 bridgehead atoms. The van der Waals surface area contributed by atoms with Crippen molar-refractivity contribution >= 4 is 5.97 Å². The Hall–Kier alpha value is -1.35. The molecule has 3 heteroatoms. The number of carboxylic acids is 1. The second kappa shape index (κ2) is 4.88. The molecule has 0 aliphatic heterocycles. The van der Waals surface area contributed by atoms with Crippen LogP contribution in [0.25, 0.3) is 0 Å². The smallest absolute Gasteiger partial charge is 0.307 e. The van der Waals surface area contributed by atoms with Gasteiger partial charge in [-0.15, -0.1) is 0 Å². The van der Waals surface area contributed by atoms with Gasteiger partial charge in [0.25, 0.3) is 0 Å². The lowest BCUT2D eigenvalue weighted by Crippen LogP contribution is -2.28. The van der Waals surface area contributed by atoms with Crippen LogP contribution in [0.3, 0.4) is 0 Å². The zero-order valence-corrected chi connectivity index (χ0v) is 10.2. The monoisotopic (exact) mass is 233 g/mol. The zero-order valence-electron chi connectivity index (χ0n) is 10.2. The van der Waals surface area contributed by atoms with Gasteiger partial charge in [0, 0.05) is 6.04 Å². The number of carbonyl (C=O) groups is 1. The van der Waals surface area contributed by atoms with Crippen LogP contribution in [-0.2, 0) is 30.5 Å². The largest absolute Gasteiger partial charge is 0.481 e. The minimum absolute atomic E-state index is 0.127. The van der Waals surface area contributed by atoms with E-state index in [-0.39, 0.29) is 12.5 Å². The Morgan fingerprint density at radius 2 is 2.29 bits per heavy atom. The van der Waals surface area contributed by atoms with Crippen molar-refractivity contribution in [2.24, 2.45) is 5.73 Å². The molecular formula is C14H19NO2. The van der Waals surface area contributed by atoms with E-state index in [0.29, 0.717) is 0 Å². The zero-order chi connectivity index (χ0) is 12.4. The van der Waals surface area contributed by atoms with Gasteiger partial charge < -0.3 is 10.8 Å². The normalized spacial score (nSPS) is 18.8. The van der Waals surface area contributed by atoms with Crippen LogP contribution in [-0.4, -0.2) is 17.1 Å². The fourth-order valence-corrected chi connectivity index (χ4v) is 2.78. The molecule has 1 unspecified atom stereocenters. The molecule has 0 spiro atoms. The molecule has 3 N–H and O–H groups in total. The summed E-state index contributed by atoms with van der Waals surface area (Å²) >= 11 is 0. The van der Waals surface area contributed by atoms with E-state index in [9.17, 15) is 4.79 Å². The van der Waals surface area contributed by atoms with Gasteiger partial charge >= 0.3 is 5.97 Å². The molecular weight excluding hydrogens is 214 g/mol. The van der Waals surface area contributed by atoms with Crippen molar-refractivity contribution in [2.45, 2.75) is 45.1 Å². The number of aliphatic carboxylic acids is 1. The molecule has 0 saturated carbocycles. The van der Waals surface area contributed by atoms with E-state index in [1.807, 2.05) is 6.07 Å². The van der Waals surface area contributed by atoms with Gasteiger partial charge in [-0.2, -0.15) is 0 Å². The molecule has 0 radical (unpaired) electrons. The average molecular weight is 233 g/mol. The van der Waals surface area contributed by atoms with E-state index in [4.69, 9.17) is 10.8 Å². The maximum atomic E-state index is 10.8. The quantitative estimate of drug-likeness (QED) is 0.835. The first kappa shape index (κ1) is 12.1. The summed E-state index contributed by atoms with van der Waals surface area (Å²) in [7, 11) is 0. The molecule has 0 heterocycles. The highest BCUT2D eigenvalue weighted by molar-refractivity contribution is 5.71. The van der Waals surface area contributed by atoms with Crippen molar-refractivity contribution < 1.29 is 9.90 Å². The molecule has 92 valence electrons. The maximum Gasteiger partial charge on any atom is 0.307 e. The molecule has 17 heavy (non-hydrogen) atoms. The van der Waals surface area contributed by atoms with Crippen LogP contribution >= 0.6 is 0 Å². The fraction of sp³-hybridized carbons (Fsp3) is 0.500. The van der Waals surface area contributed by atoms with Crippen molar-refractivity contribution in [3.8, 4) is 0 Å². The molecule has 0 fully saturated rings. The Kier molecular flexibility index (Phi) is 3.48. The van der Waals surface area contributed by atoms with E-state index < -0.39 is 5.97 Å². The molecule has 1 atom stereocenters. The summed E-state index contributed by atoms with van der Waals surface area (Å²) in [5.74, 6) is -0.757. The Labute approximate surface area is 102 Å². The third kappa shape index (κ3) is 2.50. The summed E-state index contributed by atoms with van der Waals surface area (Å²) in [6, 6.07) is 4.29. The first-order valence-corrected chi connectivity index (χ1v) is 6.21. The van der Waals surface area contributed by atoms with Gasteiger partial charge in [-0.25, -0.2) is 0 Å².